The average Bonchev–Trinajstić information content (AvgIpc) is 3.01. The van der Waals surface area contributed by atoms with Gasteiger partial charge in [0.25, 0.3) is 17.4 Å². The number of nitrogens with two attached hydrogens (primary N) is 1. The molecule has 29 heavy (non-hydrogen) atoms. The van der Waals surface area contributed by atoms with Gasteiger partial charge in [-0.05, 0) is 17.7 Å². The van der Waals surface area contributed by atoms with Crippen LogP contribution in [0.4, 0.5) is 5.82 Å². The highest BCUT2D eigenvalue weighted by Gasteiger charge is 2.31. The molecule has 8 heteroatoms. The summed E-state index contributed by atoms with van der Waals surface area (Å²) in [6.45, 7) is 0.347. The van der Waals surface area contributed by atoms with Crippen molar-refractivity contribution < 1.29 is 19.1 Å². The second-order valence-electron chi connectivity index (χ2n) is 6.38. The van der Waals surface area contributed by atoms with Crippen LogP contribution in [-0.4, -0.2) is 23.5 Å². The van der Waals surface area contributed by atoms with Gasteiger partial charge < -0.3 is 15.2 Å². The molecule has 0 atom stereocenters. The molecule has 0 bridgehead atoms. The third kappa shape index (κ3) is 3.20. The number of ether oxygens (including phenoxy) is 2. The Bertz CT molecular complexity index is 1180. The molecule has 2 heterocycles. The van der Waals surface area contributed by atoms with Gasteiger partial charge in [0.1, 0.15) is 12.4 Å². The van der Waals surface area contributed by atoms with E-state index < -0.39 is 17.4 Å². The van der Waals surface area contributed by atoms with Crippen molar-refractivity contribution in [2.45, 2.75) is 6.61 Å². The van der Waals surface area contributed by atoms with E-state index in [0.29, 0.717) is 23.8 Å². The SMILES string of the molecule is COc1cc(-n2c(N)c3c(cc2=O)C(=O)NC3=O)ccc1OCc1ccccc1. The van der Waals surface area contributed by atoms with Crippen LogP contribution in [0.3, 0.4) is 0 Å². The zero-order valence-corrected chi connectivity index (χ0v) is 15.5. The Kier molecular flexibility index (Phi) is 4.52. The summed E-state index contributed by atoms with van der Waals surface area (Å²) in [5, 5.41) is 2.14. The van der Waals surface area contributed by atoms with Gasteiger partial charge in [-0.1, -0.05) is 30.3 Å². The zero-order chi connectivity index (χ0) is 20.5. The second-order valence-corrected chi connectivity index (χ2v) is 6.38. The largest absolute Gasteiger partial charge is 0.493 e. The number of benzene rings is 2. The summed E-state index contributed by atoms with van der Waals surface area (Å²) in [4.78, 5) is 36.4. The normalized spacial score (nSPS) is 12.4. The molecular weight excluding hydrogens is 374 g/mol. The van der Waals surface area contributed by atoms with Gasteiger partial charge in [0.15, 0.2) is 11.5 Å². The van der Waals surface area contributed by atoms with E-state index >= 15 is 0 Å². The number of fused-ring (bicyclic) bond motifs is 1. The van der Waals surface area contributed by atoms with E-state index in [4.69, 9.17) is 15.2 Å². The number of carbonyl (C=O) groups excluding carboxylic acids is 2. The molecular formula is C21H17N3O5. The minimum atomic E-state index is -0.636. The van der Waals surface area contributed by atoms with Gasteiger partial charge in [0.05, 0.1) is 23.9 Å². The van der Waals surface area contributed by atoms with Gasteiger partial charge >= 0.3 is 0 Å². The molecule has 1 aliphatic rings. The highest BCUT2D eigenvalue weighted by Crippen LogP contribution is 2.31. The maximum atomic E-state index is 12.6. The lowest BCUT2D eigenvalue weighted by Gasteiger charge is -2.15. The number of rotatable bonds is 5. The first-order valence-corrected chi connectivity index (χ1v) is 8.76. The van der Waals surface area contributed by atoms with Crippen molar-refractivity contribution in [1.82, 2.24) is 9.88 Å². The van der Waals surface area contributed by atoms with Gasteiger partial charge in [-0.25, -0.2) is 0 Å². The second kappa shape index (κ2) is 7.16. The molecule has 3 N–H and O–H groups in total. The van der Waals surface area contributed by atoms with Gasteiger partial charge in [0.2, 0.25) is 0 Å². The van der Waals surface area contributed by atoms with Crippen molar-refractivity contribution in [3.8, 4) is 17.2 Å². The molecule has 0 saturated carbocycles. The summed E-state index contributed by atoms with van der Waals surface area (Å²) in [5.74, 6) is -0.503. The number of hydrogen-bond donors (Lipinski definition) is 2. The van der Waals surface area contributed by atoms with Gasteiger partial charge in [0, 0.05) is 12.1 Å². The van der Waals surface area contributed by atoms with Crippen molar-refractivity contribution in [2.75, 3.05) is 12.8 Å². The molecule has 0 aliphatic carbocycles. The van der Waals surface area contributed by atoms with Crippen LogP contribution in [0.5, 0.6) is 11.5 Å². The molecule has 0 saturated heterocycles. The van der Waals surface area contributed by atoms with Crippen molar-refractivity contribution in [1.29, 1.82) is 0 Å². The minimum Gasteiger partial charge on any atom is -0.493 e. The highest BCUT2D eigenvalue weighted by atomic mass is 16.5. The zero-order valence-electron chi connectivity index (χ0n) is 15.5. The fourth-order valence-corrected chi connectivity index (χ4v) is 3.20. The number of hydrogen-bond acceptors (Lipinski definition) is 6. The number of nitrogens with one attached hydrogen (secondary N) is 1. The van der Waals surface area contributed by atoms with Crippen LogP contribution >= 0.6 is 0 Å². The number of carbonyl (C=O) groups is 2. The third-order valence-corrected chi connectivity index (χ3v) is 4.60. The highest BCUT2D eigenvalue weighted by molar-refractivity contribution is 6.23. The first kappa shape index (κ1) is 18.3. The van der Waals surface area contributed by atoms with E-state index in [0.717, 1.165) is 16.2 Å². The molecule has 0 fully saturated rings. The molecule has 2 aromatic carbocycles. The standard InChI is InChI=1S/C21H17N3O5/c1-28-16-9-13(7-8-15(16)29-11-12-5-3-2-4-6-12)24-17(25)10-14-18(19(24)22)21(27)23-20(14)26/h2-10H,11,22H2,1H3,(H,23,26,27). The summed E-state index contributed by atoms with van der Waals surface area (Å²) in [6.07, 6.45) is 0. The summed E-state index contributed by atoms with van der Waals surface area (Å²) in [7, 11) is 1.48. The van der Waals surface area contributed by atoms with Gasteiger partial charge in [-0.3, -0.25) is 24.3 Å². The first-order valence-electron chi connectivity index (χ1n) is 8.76. The molecule has 1 aliphatic heterocycles. The monoisotopic (exact) mass is 391 g/mol. The van der Waals surface area contributed by atoms with E-state index in [1.54, 1.807) is 18.2 Å². The number of amides is 2. The summed E-state index contributed by atoms with van der Waals surface area (Å²) >= 11 is 0. The van der Waals surface area contributed by atoms with Crippen LogP contribution < -0.4 is 26.1 Å². The quantitative estimate of drug-likeness (QED) is 0.643. The van der Waals surface area contributed by atoms with Crippen molar-refractivity contribution in [2.24, 2.45) is 0 Å². The van der Waals surface area contributed by atoms with Crippen LogP contribution in [0.15, 0.2) is 59.4 Å². The molecule has 0 radical (unpaired) electrons. The van der Waals surface area contributed by atoms with E-state index in [2.05, 4.69) is 5.32 Å². The third-order valence-electron chi connectivity index (χ3n) is 4.60. The lowest BCUT2D eigenvalue weighted by molar-refractivity contribution is 0.0880. The number of nitrogens with zero attached hydrogens (tertiary/aromatic N) is 1. The fourth-order valence-electron chi connectivity index (χ4n) is 3.20. The number of nitrogen functional groups attached to an aromatic ring is 1. The van der Waals surface area contributed by atoms with Crippen LogP contribution in [-0.2, 0) is 6.61 Å². The predicted octanol–water partition coefficient (Wildman–Crippen LogP) is 1.89. The Morgan fingerprint density at radius 3 is 2.45 bits per heavy atom. The Morgan fingerprint density at radius 1 is 0.966 bits per heavy atom. The Balaban J connectivity index is 1.72. The Morgan fingerprint density at radius 2 is 1.72 bits per heavy atom. The maximum absolute atomic E-state index is 12.6. The Labute approximate surface area is 165 Å². The smallest absolute Gasteiger partial charge is 0.262 e. The topological polar surface area (TPSA) is 113 Å². The van der Waals surface area contributed by atoms with E-state index in [9.17, 15) is 14.4 Å². The average molecular weight is 391 g/mol. The van der Waals surface area contributed by atoms with Gasteiger partial charge in [-0.2, -0.15) is 0 Å². The van der Waals surface area contributed by atoms with Crippen LogP contribution in [0, 0.1) is 0 Å². The van der Waals surface area contributed by atoms with Gasteiger partial charge in [-0.15, -0.1) is 0 Å². The fraction of sp³-hybridized carbons (Fsp3) is 0.0952. The van der Waals surface area contributed by atoms with Crippen molar-refractivity contribution in [3.63, 3.8) is 0 Å². The first-order chi connectivity index (χ1) is 14.0. The van der Waals surface area contributed by atoms with Crippen molar-refractivity contribution in [3.05, 3.63) is 81.6 Å². The molecule has 146 valence electrons. The maximum Gasteiger partial charge on any atom is 0.262 e. The van der Waals surface area contributed by atoms with E-state index in [1.807, 2.05) is 30.3 Å². The Hall–Kier alpha value is -4.07. The van der Waals surface area contributed by atoms with E-state index in [1.165, 1.54) is 7.11 Å². The summed E-state index contributed by atoms with van der Waals surface area (Å²) in [5.41, 5.74) is 6.86. The number of methoxy groups -OCH3 is 1. The molecule has 8 nitrogen and oxygen atoms in total. The predicted molar refractivity (Wildman–Crippen MR) is 106 cm³/mol. The number of imide groups is 1. The summed E-state index contributed by atoms with van der Waals surface area (Å²) < 4.78 is 12.4. The van der Waals surface area contributed by atoms with E-state index in [-0.39, 0.29) is 16.9 Å². The molecule has 2 amide bonds. The summed E-state index contributed by atoms with van der Waals surface area (Å²) in [6, 6.07) is 15.6. The lowest BCUT2D eigenvalue weighted by atomic mass is 10.1. The number of aromatic nitrogens is 1. The molecule has 0 unspecified atom stereocenters. The minimum absolute atomic E-state index is 0.0158. The molecule has 4 rings (SSSR count). The number of pyridine rings is 1. The molecule has 1 aromatic heterocycles. The van der Waals surface area contributed by atoms with Crippen molar-refractivity contribution >= 4 is 17.6 Å². The molecule has 0 spiro atoms. The lowest BCUT2D eigenvalue weighted by Crippen LogP contribution is -2.24. The van der Waals surface area contributed by atoms with Crippen LogP contribution in [0.25, 0.3) is 5.69 Å². The molecule has 3 aromatic rings. The van der Waals surface area contributed by atoms with Crippen LogP contribution in [0.2, 0.25) is 0 Å². The number of anilines is 1. The van der Waals surface area contributed by atoms with Crippen LogP contribution in [0.1, 0.15) is 26.3 Å².